The summed E-state index contributed by atoms with van der Waals surface area (Å²) in [4.78, 5) is 2.34. The molecule has 3 aromatic carbocycles. The topological polar surface area (TPSA) is 12.5 Å². The molecule has 23 heavy (non-hydrogen) atoms. The van der Waals surface area contributed by atoms with Gasteiger partial charge in [-0.2, -0.15) is 0 Å². The van der Waals surface area contributed by atoms with Crippen molar-refractivity contribution in [1.82, 2.24) is 4.90 Å². The highest BCUT2D eigenvalue weighted by Crippen LogP contribution is 2.34. The van der Waals surface area contributed by atoms with Crippen molar-refractivity contribution >= 4 is 10.8 Å². The van der Waals surface area contributed by atoms with Crippen LogP contribution < -0.4 is 4.74 Å². The van der Waals surface area contributed by atoms with Crippen molar-refractivity contribution in [2.24, 2.45) is 5.92 Å². The molecule has 1 aliphatic rings. The zero-order valence-electron chi connectivity index (χ0n) is 13.4. The van der Waals surface area contributed by atoms with Gasteiger partial charge in [-0.1, -0.05) is 54.6 Å². The third-order valence-electron chi connectivity index (χ3n) is 4.63. The smallest absolute Gasteiger partial charge is 0.129 e. The molecule has 1 atom stereocenters. The van der Waals surface area contributed by atoms with Gasteiger partial charge in [0.15, 0.2) is 0 Å². The van der Waals surface area contributed by atoms with E-state index in [-0.39, 0.29) is 6.10 Å². The van der Waals surface area contributed by atoms with E-state index in [9.17, 15) is 0 Å². The van der Waals surface area contributed by atoms with Crippen molar-refractivity contribution in [3.63, 3.8) is 0 Å². The Hall–Kier alpha value is -2.32. The molecular formula is C21H21NO. The summed E-state index contributed by atoms with van der Waals surface area (Å²) in [6.45, 7) is 2.18. The number of fused-ring (bicyclic) bond motifs is 1. The van der Waals surface area contributed by atoms with Gasteiger partial charge in [0.05, 0.1) is 0 Å². The molecule has 1 fully saturated rings. The molecular weight excluding hydrogens is 282 g/mol. The molecule has 4 rings (SSSR count). The number of para-hydroxylation sites is 1. The minimum atomic E-state index is 0.109. The lowest BCUT2D eigenvalue weighted by Gasteiger charge is -2.41. The van der Waals surface area contributed by atoms with Crippen molar-refractivity contribution in [2.75, 3.05) is 20.1 Å². The molecule has 1 unspecified atom stereocenters. The molecule has 116 valence electrons. The Labute approximate surface area is 137 Å². The number of ether oxygens (including phenoxy) is 1. The highest BCUT2D eigenvalue weighted by Gasteiger charge is 2.34. The normalized spacial score (nSPS) is 16.9. The molecule has 0 bridgehead atoms. The van der Waals surface area contributed by atoms with Gasteiger partial charge in [0.2, 0.25) is 0 Å². The first-order valence-corrected chi connectivity index (χ1v) is 8.18. The van der Waals surface area contributed by atoms with E-state index < -0.39 is 0 Å². The summed E-state index contributed by atoms with van der Waals surface area (Å²) in [7, 11) is 2.16. The van der Waals surface area contributed by atoms with Crippen LogP contribution in [0.25, 0.3) is 10.8 Å². The first kappa shape index (κ1) is 14.3. The maximum absolute atomic E-state index is 6.38. The van der Waals surface area contributed by atoms with E-state index in [2.05, 4.69) is 54.4 Å². The van der Waals surface area contributed by atoms with Crippen LogP contribution in [0.4, 0.5) is 0 Å². The zero-order chi connectivity index (χ0) is 15.6. The van der Waals surface area contributed by atoms with Gasteiger partial charge in [-0.05, 0) is 41.6 Å². The van der Waals surface area contributed by atoms with Crippen molar-refractivity contribution in [1.29, 1.82) is 0 Å². The van der Waals surface area contributed by atoms with E-state index in [1.54, 1.807) is 0 Å². The maximum atomic E-state index is 6.38. The Morgan fingerprint density at radius 3 is 2.30 bits per heavy atom. The molecule has 0 saturated carbocycles. The number of hydrogen-bond donors (Lipinski definition) is 0. The monoisotopic (exact) mass is 303 g/mol. The van der Waals surface area contributed by atoms with Crippen molar-refractivity contribution in [2.45, 2.75) is 6.10 Å². The van der Waals surface area contributed by atoms with E-state index in [1.807, 2.05) is 30.3 Å². The maximum Gasteiger partial charge on any atom is 0.129 e. The number of benzene rings is 3. The Bertz CT molecular complexity index is 793. The lowest BCUT2D eigenvalue weighted by Crippen LogP contribution is -2.47. The predicted molar refractivity (Wildman–Crippen MR) is 94.7 cm³/mol. The molecule has 1 aliphatic heterocycles. The highest BCUT2D eigenvalue weighted by molar-refractivity contribution is 5.83. The minimum absolute atomic E-state index is 0.109. The van der Waals surface area contributed by atoms with Crippen molar-refractivity contribution in [3.05, 3.63) is 78.4 Å². The molecule has 3 aromatic rings. The predicted octanol–water partition coefficient (Wildman–Crippen LogP) is 4.52. The minimum Gasteiger partial charge on any atom is -0.485 e. The third-order valence-corrected chi connectivity index (χ3v) is 4.63. The summed E-state index contributed by atoms with van der Waals surface area (Å²) in [5.41, 5.74) is 1.27. The Morgan fingerprint density at radius 1 is 0.870 bits per heavy atom. The van der Waals surface area contributed by atoms with Crippen LogP contribution in [0.5, 0.6) is 5.75 Å². The van der Waals surface area contributed by atoms with E-state index >= 15 is 0 Å². The van der Waals surface area contributed by atoms with Gasteiger partial charge >= 0.3 is 0 Å². The van der Waals surface area contributed by atoms with Gasteiger partial charge in [0.25, 0.3) is 0 Å². The van der Waals surface area contributed by atoms with Gasteiger partial charge in [0.1, 0.15) is 11.9 Å². The molecule has 0 aliphatic carbocycles. The van der Waals surface area contributed by atoms with Crippen LogP contribution in [0.2, 0.25) is 0 Å². The van der Waals surface area contributed by atoms with Gasteiger partial charge < -0.3 is 9.64 Å². The lowest BCUT2D eigenvalue weighted by molar-refractivity contribution is 0.0241. The Morgan fingerprint density at radius 2 is 1.57 bits per heavy atom. The number of hydrogen-bond acceptors (Lipinski definition) is 2. The lowest BCUT2D eigenvalue weighted by atomic mass is 9.88. The SMILES string of the molecule is CN1CC(C(Oc2ccccc2)c2ccc3ccccc3c2)C1. The molecule has 2 heteroatoms. The second-order valence-electron chi connectivity index (χ2n) is 6.44. The summed E-state index contributed by atoms with van der Waals surface area (Å²) in [6.07, 6.45) is 0.109. The van der Waals surface area contributed by atoms with Crippen LogP contribution in [0.15, 0.2) is 72.8 Å². The van der Waals surface area contributed by atoms with Gasteiger partial charge in [-0.3, -0.25) is 0 Å². The molecule has 0 aromatic heterocycles. The molecule has 0 N–H and O–H groups in total. The van der Waals surface area contributed by atoms with Crippen LogP contribution >= 0.6 is 0 Å². The largest absolute Gasteiger partial charge is 0.485 e. The fourth-order valence-corrected chi connectivity index (χ4v) is 3.41. The Balaban J connectivity index is 1.68. The molecule has 2 nitrogen and oxygen atoms in total. The summed E-state index contributed by atoms with van der Waals surface area (Å²) in [6, 6.07) is 25.4. The first-order valence-electron chi connectivity index (χ1n) is 8.18. The van der Waals surface area contributed by atoms with Gasteiger partial charge in [-0.15, -0.1) is 0 Å². The molecule has 1 saturated heterocycles. The number of nitrogens with zero attached hydrogens (tertiary/aromatic N) is 1. The van der Waals surface area contributed by atoms with E-state index in [0.29, 0.717) is 5.92 Å². The fourth-order valence-electron chi connectivity index (χ4n) is 3.41. The van der Waals surface area contributed by atoms with E-state index in [0.717, 1.165) is 18.8 Å². The van der Waals surface area contributed by atoms with Crippen LogP contribution in [0.3, 0.4) is 0 Å². The number of rotatable bonds is 4. The standard InChI is InChI=1S/C21H21NO/c1-22-14-19(15-22)21(23-20-9-3-2-4-10-20)18-12-11-16-7-5-6-8-17(16)13-18/h2-13,19,21H,14-15H2,1H3. The van der Waals surface area contributed by atoms with Crippen LogP contribution in [-0.2, 0) is 0 Å². The number of likely N-dealkylation sites (tertiary alicyclic amines) is 1. The summed E-state index contributed by atoms with van der Waals surface area (Å²) >= 11 is 0. The quantitative estimate of drug-likeness (QED) is 0.702. The van der Waals surface area contributed by atoms with Crippen LogP contribution in [0.1, 0.15) is 11.7 Å². The average molecular weight is 303 g/mol. The van der Waals surface area contributed by atoms with Crippen molar-refractivity contribution < 1.29 is 4.74 Å². The molecule has 0 radical (unpaired) electrons. The second kappa shape index (κ2) is 6.05. The van der Waals surface area contributed by atoms with Crippen LogP contribution in [-0.4, -0.2) is 25.0 Å². The average Bonchev–Trinajstić information content (AvgIpc) is 2.58. The Kier molecular flexibility index (Phi) is 3.76. The second-order valence-corrected chi connectivity index (χ2v) is 6.44. The molecule has 0 spiro atoms. The van der Waals surface area contributed by atoms with Crippen molar-refractivity contribution in [3.8, 4) is 5.75 Å². The van der Waals surface area contributed by atoms with E-state index in [1.165, 1.54) is 16.3 Å². The van der Waals surface area contributed by atoms with E-state index in [4.69, 9.17) is 4.74 Å². The first-order chi connectivity index (χ1) is 11.3. The van der Waals surface area contributed by atoms with Gasteiger partial charge in [-0.25, -0.2) is 0 Å². The molecule has 0 amide bonds. The van der Waals surface area contributed by atoms with Gasteiger partial charge in [0, 0.05) is 19.0 Å². The molecule has 1 heterocycles. The fraction of sp³-hybridized carbons (Fsp3) is 0.238. The van der Waals surface area contributed by atoms with Crippen LogP contribution in [0, 0.1) is 5.92 Å². The summed E-state index contributed by atoms with van der Waals surface area (Å²) in [5.74, 6) is 1.49. The third kappa shape index (κ3) is 2.95. The summed E-state index contributed by atoms with van der Waals surface area (Å²) in [5, 5.41) is 2.56. The highest BCUT2D eigenvalue weighted by atomic mass is 16.5. The summed E-state index contributed by atoms with van der Waals surface area (Å²) < 4.78 is 6.38. The zero-order valence-corrected chi connectivity index (χ0v) is 13.4.